The summed E-state index contributed by atoms with van der Waals surface area (Å²) in [6.07, 6.45) is -0.696. The number of carbonyl (C=O) groups is 2. The summed E-state index contributed by atoms with van der Waals surface area (Å²) < 4.78 is 5.56. The van der Waals surface area contributed by atoms with Crippen molar-refractivity contribution in [3.8, 4) is 5.75 Å². The summed E-state index contributed by atoms with van der Waals surface area (Å²) >= 11 is 5.88. The Hall–Kier alpha value is -2.53. The first-order valence-electron chi connectivity index (χ1n) is 7.05. The van der Waals surface area contributed by atoms with Gasteiger partial charge < -0.3 is 15.4 Å². The molecule has 23 heavy (non-hydrogen) atoms. The van der Waals surface area contributed by atoms with Crippen LogP contribution in [-0.4, -0.2) is 17.9 Å². The van der Waals surface area contributed by atoms with E-state index in [1.807, 2.05) is 0 Å². The number of hydrogen-bond donors (Lipinski definition) is 2. The molecule has 2 amide bonds. The molecule has 2 N–H and O–H groups in total. The van der Waals surface area contributed by atoms with Gasteiger partial charge >= 0.3 is 0 Å². The number of halogens is 1. The second-order valence-corrected chi connectivity index (χ2v) is 5.41. The van der Waals surface area contributed by atoms with Gasteiger partial charge in [0.2, 0.25) is 5.91 Å². The van der Waals surface area contributed by atoms with E-state index in [4.69, 9.17) is 16.3 Å². The Kier molecular flexibility index (Phi) is 5.60. The first kappa shape index (κ1) is 16.8. The number of anilines is 2. The van der Waals surface area contributed by atoms with E-state index in [9.17, 15) is 9.59 Å². The first-order chi connectivity index (χ1) is 10.9. The molecular formula is C17H17ClN2O3. The summed E-state index contributed by atoms with van der Waals surface area (Å²) in [7, 11) is 0. The number of ether oxygens (including phenoxy) is 1. The van der Waals surface area contributed by atoms with Gasteiger partial charge in [0.15, 0.2) is 6.10 Å². The van der Waals surface area contributed by atoms with Gasteiger partial charge in [0.1, 0.15) is 5.75 Å². The molecule has 0 radical (unpaired) electrons. The van der Waals surface area contributed by atoms with Gasteiger partial charge in [-0.3, -0.25) is 9.59 Å². The predicted molar refractivity (Wildman–Crippen MR) is 90.9 cm³/mol. The number of nitrogens with one attached hydrogen (secondary N) is 2. The highest BCUT2D eigenvalue weighted by atomic mass is 35.5. The van der Waals surface area contributed by atoms with Gasteiger partial charge in [0.25, 0.3) is 5.91 Å². The lowest BCUT2D eigenvalue weighted by molar-refractivity contribution is -0.122. The summed E-state index contributed by atoms with van der Waals surface area (Å²) in [5, 5.41) is 5.94. The third-order valence-electron chi connectivity index (χ3n) is 2.93. The average Bonchev–Trinajstić information content (AvgIpc) is 2.46. The van der Waals surface area contributed by atoms with Crippen LogP contribution < -0.4 is 15.4 Å². The quantitative estimate of drug-likeness (QED) is 0.877. The maximum absolute atomic E-state index is 12.2. The maximum Gasteiger partial charge on any atom is 0.265 e. The standard InChI is InChI=1S/C17H17ClN2O3/c1-11(23-16-8-3-5-13(18)9-16)17(22)20-15-7-4-6-14(10-15)19-12(2)21/h3-11H,1-2H3,(H,19,21)(H,20,22)/t11-/m1/s1. The van der Waals surface area contributed by atoms with Crippen molar-refractivity contribution >= 4 is 34.8 Å². The number of hydrogen-bond acceptors (Lipinski definition) is 3. The van der Waals surface area contributed by atoms with Gasteiger partial charge in [-0.1, -0.05) is 23.7 Å². The molecule has 2 rings (SSSR count). The molecule has 120 valence electrons. The summed E-state index contributed by atoms with van der Waals surface area (Å²) in [4.78, 5) is 23.2. The van der Waals surface area contributed by atoms with Crippen molar-refractivity contribution in [3.63, 3.8) is 0 Å². The lowest BCUT2D eigenvalue weighted by Gasteiger charge is -2.15. The highest BCUT2D eigenvalue weighted by Gasteiger charge is 2.15. The van der Waals surface area contributed by atoms with Gasteiger partial charge in [0, 0.05) is 23.3 Å². The van der Waals surface area contributed by atoms with E-state index in [1.165, 1.54) is 6.92 Å². The van der Waals surface area contributed by atoms with E-state index < -0.39 is 6.10 Å². The van der Waals surface area contributed by atoms with Gasteiger partial charge in [-0.2, -0.15) is 0 Å². The molecule has 0 bridgehead atoms. The van der Waals surface area contributed by atoms with Crippen LogP contribution in [0, 0.1) is 0 Å². The molecule has 6 heteroatoms. The Morgan fingerprint density at radius 1 is 1.04 bits per heavy atom. The molecule has 5 nitrogen and oxygen atoms in total. The smallest absolute Gasteiger partial charge is 0.265 e. The van der Waals surface area contributed by atoms with E-state index in [-0.39, 0.29) is 11.8 Å². The summed E-state index contributed by atoms with van der Waals surface area (Å²) in [5.41, 5.74) is 1.18. The van der Waals surface area contributed by atoms with Crippen molar-refractivity contribution in [2.45, 2.75) is 20.0 Å². The van der Waals surface area contributed by atoms with E-state index in [1.54, 1.807) is 55.5 Å². The Bertz CT molecular complexity index is 718. The van der Waals surface area contributed by atoms with Gasteiger partial charge in [-0.05, 0) is 43.3 Å². The van der Waals surface area contributed by atoms with Crippen molar-refractivity contribution in [1.29, 1.82) is 0 Å². The van der Waals surface area contributed by atoms with Crippen LogP contribution in [-0.2, 0) is 9.59 Å². The van der Waals surface area contributed by atoms with Crippen LogP contribution >= 0.6 is 11.6 Å². The molecule has 0 heterocycles. The zero-order chi connectivity index (χ0) is 16.8. The zero-order valence-corrected chi connectivity index (χ0v) is 13.6. The summed E-state index contributed by atoms with van der Waals surface area (Å²) in [6.45, 7) is 3.07. The molecule has 1 atom stereocenters. The van der Waals surface area contributed by atoms with Crippen LogP contribution in [0.15, 0.2) is 48.5 Å². The third kappa shape index (κ3) is 5.30. The minimum atomic E-state index is -0.696. The molecule has 0 aliphatic carbocycles. The molecule has 0 aromatic heterocycles. The average molecular weight is 333 g/mol. The van der Waals surface area contributed by atoms with Crippen molar-refractivity contribution in [1.82, 2.24) is 0 Å². The van der Waals surface area contributed by atoms with Crippen LogP contribution in [0.1, 0.15) is 13.8 Å². The van der Waals surface area contributed by atoms with Gasteiger partial charge in [-0.15, -0.1) is 0 Å². The number of amides is 2. The monoisotopic (exact) mass is 332 g/mol. The largest absolute Gasteiger partial charge is 0.481 e. The van der Waals surface area contributed by atoms with E-state index in [0.29, 0.717) is 22.1 Å². The Labute approximate surface area is 139 Å². The topological polar surface area (TPSA) is 67.4 Å². The molecule has 0 spiro atoms. The predicted octanol–water partition coefficient (Wildman–Crippen LogP) is 3.70. The fraction of sp³-hybridized carbons (Fsp3) is 0.176. The SMILES string of the molecule is CC(=O)Nc1cccc(NC(=O)[C@@H](C)Oc2cccc(Cl)c2)c1. The lowest BCUT2D eigenvalue weighted by Crippen LogP contribution is -2.30. The van der Waals surface area contributed by atoms with E-state index >= 15 is 0 Å². The summed E-state index contributed by atoms with van der Waals surface area (Å²) in [6, 6.07) is 13.7. The molecule has 2 aromatic rings. The van der Waals surface area contributed by atoms with Crippen LogP contribution in [0.25, 0.3) is 0 Å². The fourth-order valence-electron chi connectivity index (χ4n) is 1.92. The van der Waals surface area contributed by atoms with Crippen LogP contribution in [0.4, 0.5) is 11.4 Å². The van der Waals surface area contributed by atoms with Crippen molar-refractivity contribution in [3.05, 3.63) is 53.6 Å². The van der Waals surface area contributed by atoms with Crippen molar-refractivity contribution in [2.24, 2.45) is 0 Å². The zero-order valence-electron chi connectivity index (χ0n) is 12.8. The molecule has 0 unspecified atom stereocenters. The Morgan fingerprint density at radius 2 is 1.70 bits per heavy atom. The molecule has 0 saturated carbocycles. The van der Waals surface area contributed by atoms with Crippen molar-refractivity contribution in [2.75, 3.05) is 10.6 Å². The molecule has 0 saturated heterocycles. The number of benzene rings is 2. The highest BCUT2D eigenvalue weighted by molar-refractivity contribution is 6.30. The highest BCUT2D eigenvalue weighted by Crippen LogP contribution is 2.19. The Morgan fingerprint density at radius 3 is 2.35 bits per heavy atom. The second-order valence-electron chi connectivity index (χ2n) is 4.97. The van der Waals surface area contributed by atoms with Gasteiger partial charge in [0.05, 0.1) is 0 Å². The normalized spacial score (nSPS) is 11.4. The van der Waals surface area contributed by atoms with E-state index in [2.05, 4.69) is 10.6 Å². The number of carbonyl (C=O) groups excluding carboxylic acids is 2. The molecule has 0 aliphatic rings. The van der Waals surface area contributed by atoms with Crippen LogP contribution in [0.5, 0.6) is 5.75 Å². The minimum Gasteiger partial charge on any atom is -0.481 e. The van der Waals surface area contributed by atoms with Crippen LogP contribution in [0.3, 0.4) is 0 Å². The molecular weight excluding hydrogens is 316 g/mol. The first-order valence-corrected chi connectivity index (χ1v) is 7.42. The molecule has 0 fully saturated rings. The maximum atomic E-state index is 12.2. The minimum absolute atomic E-state index is 0.175. The third-order valence-corrected chi connectivity index (χ3v) is 3.16. The Balaban J connectivity index is 1.99. The van der Waals surface area contributed by atoms with Crippen molar-refractivity contribution < 1.29 is 14.3 Å². The molecule has 2 aromatic carbocycles. The van der Waals surface area contributed by atoms with Crippen LogP contribution in [0.2, 0.25) is 5.02 Å². The fourth-order valence-corrected chi connectivity index (χ4v) is 2.10. The van der Waals surface area contributed by atoms with Gasteiger partial charge in [-0.25, -0.2) is 0 Å². The number of rotatable bonds is 5. The summed E-state index contributed by atoms with van der Waals surface area (Å²) in [5.74, 6) is 0.0447. The molecule has 0 aliphatic heterocycles. The second kappa shape index (κ2) is 7.65. The lowest BCUT2D eigenvalue weighted by atomic mass is 10.2. The van der Waals surface area contributed by atoms with E-state index in [0.717, 1.165) is 0 Å².